The minimum absolute atomic E-state index is 0.0754. The van der Waals surface area contributed by atoms with Crippen LogP contribution in [0.3, 0.4) is 0 Å². The zero-order chi connectivity index (χ0) is 35.9. The molecule has 4 heterocycles. The molecule has 2 saturated heterocycles. The Morgan fingerprint density at radius 1 is 1.08 bits per heavy atom. The normalized spacial score (nSPS) is 16.1. The minimum Gasteiger partial charge on any atom is -0.496 e. The number of anilines is 1. The third-order valence-electron chi connectivity index (χ3n) is 9.35. The molecule has 1 unspecified atom stereocenters. The third kappa shape index (κ3) is 8.65. The maximum absolute atomic E-state index is 13.3. The van der Waals surface area contributed by atoms with Crippen molar-refractivity contribution in [3.63, 3.8) is 0 Å². The number of rotatable bonds is 12. The number of pyridine rings is 2. The van der Waals surface area contributed by atoms with E-state index in [2.05, 4.69) is 25.9 Å². The van der Waals surface area contributed by atoms with Crippen molar-refractivity contribution < 1.29 is 29.0 Å². The van der Waals surface area contributed by atoms with Gasteiger partial charge in [-0.3, -0.25) is 19.6 Å². The molecule has 2 aliphatic heterocycles. The largest absolute Gasteiger partial charge is 0.496 e. The second-order valence-electron chi connectivity index (χ2n) is 12.8. The van der Waals surface area contributed by atoms with E-state index in [1.807, 2.05) is 49.4 Å². The summed E-state index contributed by atoms with van der Waals surface area (Å²) in [4.78, 5) is 46.8. The summed E-state index contributed by atoms with van der Waals surface area (Å²) >= 11 is 7.04. The molecular formula is C38H41ClN6O6. The van der Waals surface area contributed by atoms with Gasteiger partial charge in [0.25, 0.3) is 5.91 Å². The van der Waals surface area contributed by atoms with Gasteiger partial charge in [0.05, 0.1) is 24.4 Å². The third-order valence-corrected chi connectivity index (χ3v) is 9.73. The summed E-state index contributed by atoms with van der Waals surface area (Å²) in [6, 6.07) is 16.9. The first-order valence-electron chi connectivity index (χ1n) is 17.0. The molecule has 3 amide bonds. The van der Waals surface area contributed by atoms with Crippen LogP contribution >= 0.6 is 11.6 Å². The Bertz CT molecular complexity index is 1900. The van der Waals surface area contributed by atoms with Crippen LogP contribution in [0.1, 0.15) is 52.9 Å². The number of nitrogens with one attached hydrogen (secondary N) is 3. The summed E-state index contributed by atoms with van der Waals surface area (Å²) in [5.74, 6) is 0.260. The molecule has 0 bridgehead atoms. The highest BCUT2D eigenvalue weighted by Gasteiger charge is 2.25. The number of aromatic nitrogens is 2. The monoisotopic (exact) mass is 712 g/mol. The second-order valence-corrected chi connectivity index (χ2v) is 13.1. The number of carboxylic acid groups (broad SMARTS) is 1. The number of nitrogens with zero attached hydrogens (tertiary/aromatic N) is 3. The number of carbonyl (C=O) groups excluding carboxylic acids is 2. The van der Waals surface area contributed by atoms with Gasteiger partial charge in [-0.25, -0.2) is 4.79 Å². The van der Waals surface area contributed by atoms with Crippen LogP contribution < -0.4 is 20.7 Å². The Kier molecular flexibility index (Phi) is 11.4. The molecule has 1 atom stereocenters. The Morgan fingerprint density at radius 2 is 1.90 bits per heavy atom. The van der Waals surface area contributed by atoms with Crippen molar-refractivity contribution in [2.24, 2.45) is 0 Å². The van der Waals surface area contributed by atoms with Crippen molar-refractivity contribution in [3.05, 3.63) is 94.4 Å². The lowest BCUT2D eigenvalue weighted by atomic mass is 9.97. The molecule has 2 fully saturated rings. The molecule has 12 nitrogen and oxygen atoms in total. The molecule has 2 aromatic carbocycles. The van der Waals surface area contributed by atoms with Crippen LogP contribution in [0, 0.1) is 6.92 Å². The fourth-order valence-electron chi connectivity index (χ4n) is 6.46. The van der Waals surface area contributed by atoms with Crippen molar-refractivity contribution >= 4 is 35.2 Å². The summed E-state index contributed by atoms with van der Waals surface area (Å²) in [6.45, 7) is 4.40. The van der Waals surface area contributed by atoms with Crippen LogP contribution in [0.4, 0.5) is 10.5 Å². The van der Waals surface area contributed by atoms with E-state index in [0.29, 0.717) is 47.4 Å². The van der Waals surface area contributed by atoms with Crippen molar-refractivity contribution in [1.29, 1.82) is 0 Å². The van der Waals surface area contributed by atoms with Crippen LogP contribution in [-0.2, 0) is 22.6 Å². The van der Waals surface area contributed by atoms with Crippen LogP contribution in [-0.4, -0.2) is 76.8 Å². The Labute approximate surface area is 301 Å². The summed E-state index contributed by atoms with van der Waals surface area (Å²) < 4.78 is 11.2. The fourth-order valence-corrected chi connectivity index (χ4v) is 6.78. The van der Waals surface area contributed by atoms with Gasteiger partial charge >= 0.3 is 6.09 Å². The number of amides is 3. The number of carbonyl (C=O) groups is 3. The first kappa shape index (κ1) is 35.8. The van der Waals surface area contributed by atoms with Crippen molar-refractivity contribution in [1.82, 2.24) is 25.5 Å². The average Bonchev–Trinajstić information content (AvgIpc) is 3.56. The van der Waals surface area contributed by atoms with E-state index in [1.54, 1.807) is 25.4 Å². The molecule has 13 heteroatoms. The number of halogens is 1. The molecule has 0 spiro atoms. The smallest absolute Gasteiger partial charge is 0.407 e. The summed E-state index contributed by atoms with van der Waals surface area (Å²) in [5, 5.41) is 19.5. The molecule has 2 aliphatic rings. The van der Waals surface area contributed by atoms with Gasteiger partial charge in [0.2, 0.25) is 5.91 Å². The summed E-state index contributed by atoms with van der Waals surface area (Å²) in [6.07, 6.45) is 5.07. The lowest BCUT2D eigenvalue weighted by Gasteiger charge is -2.23. The quantitative estimate of drug-likeness (QED) is 0.137. The zero-order valence-corrected chi connectivity index (χ0v) is 29.3. The number of ether oxygens (including phenoxy) is 2. The molecule has 2 aromatic heterocycles. The van der Waals surface area contributed by atoms with Crippen LogP contribution in [0.25, 0.3) is 22.4 Å². The van der Waals surface area contributed by atoms with E-state index in [0.717, 1.165) is 59.6 Å². The topological polar surface area (TPSA) is 155 Å². The second kappa shape index (κ2) is 16.3. The highest BCUT2D eigenvalue weighted by molar-refractivity contribution is 6.35. The fraction of sp³-hybridized carbons (Fsp3) is 0.342. The van der Waals surface area contributed by atoms with Gasteiger partial charge in [0.1, 0.15) is 11.4 Å². The number of methoxy groups -OCH3 is 1. The van der Waals surface area contributed by atoms with Gasteiger partial charge in [-0.05, 0) is 67.1 Å². The molecule has 51 heavy (non-hydrogen) atoms. The first-order valence-corrected chi connectivity index (χ1v) is 17.3. The maximum Gasteiger partial charge on any atom is 0.407 e. The first-order chi connectivity index (χ1) is 24.7. The SMILES string of the molecule is COc1cc(-c2nccc(-c3cccc(NC(=O)c4ccc(CN(CC5CCC(=O)N5)C(=O)O)cn4)c3C)c2Cl)ccc1CNC1CCOCC1. The molecule has 266 valence electrons. The molecule has 0 aliphatic carbocycles. The lowest BCUT2D eigenvalue weighted by Crippen LogP contribution is -2.40. The van der Waals surface area contributed by atoms with Gasteiger partial charge in [0, 0.05) is 79.6 Å². The average molecular weight is 713 g/mol. The van der Waals surface area contributed by atoms with Crippen LogP contribution in [0.15, 0.2) is 67.0 Å². The predicted molar refractivity (Wildman–Crippen MR) is 194 cm³/mol. The van der Waals surface area contributed by atoms with Crippen LogP contribution in [0.5, 0.6) is 5.75 Å². The van der Waals surface area contributed by atoms with E-state index in [-0.39, 0.29) is 30.7 Å². The summed E-state index contributed by atoms with van der Waals surface area (Å²) in [5.41, 5.74) is 6.29. The van der Waals surface area contributed by atoms with Gasteiger partial charge in [-0.2, -0.15) is 0 Å². The van der Waals surface area contributed by atoms with Crippen molar-refractivity contribution in [3.8, 4) is 28.1 Å². The molecule has 0 saturated carbocycles. The number of benzene rings is 2. The van der Waals surface area contributed by atoms with E-state index in [9.17, 15) is 19.5 Å². The van der Waals surface area contributed by atoms with E-state index in [4.69, 9.17) is 21.1 Å². The minimum atomic E-state index is -1.10. The van der Waals surface area contributed by atoms with Crippen molar-refractivity contribution in [2.45, 2.75) is 57.8 Å². The highest BCUT2D eigenvalue weighted by atomic mass is 35.5. The van der Waals surface area contributed by atoms with Crippen molar-refractivity contribution in [2.75, 3.05) is 32.2 Å². The van der Waals surface area contributed by atoms with Gasteiger partial charge < -0.3 is 35.4 Å². The number of hydrogen-bond donors (Lipinski definition) is 4. The van der Waals surface area contributed by atoms with Gasteiger partial charge in [0.15, 0.2) is 0 Å². The Morgan fingerprint density at radius 3 is 2.61 bits per heavy atom. The summed E-state index contributed by atoms with van der Waals surface area (Å²) in [7, 11) is 1.66. The molecule has 6 rings (SSSR count). The number of hydrogen-bond acceptors (Lipinski definition) is 8. The standard InChI is InChI=1S/C38H41ClN6O6/c1-23-29(30-12-15-40-36(35(30)39)25-7-8-26(33(18-25)50-2)20-41-27-13-16-51-17-14-27)4-3-5-31(23)44-37(47)32-10-6-24(19-42-32)21-45(38(48)49)22-28-9-11-34(46)43-28/h3-8,10,12,15,18-19,27-28,41H,9,11,13-14,16-17,20-22H2,1-2H3,(H,43,46)(H,44,47)(H,48,49). The van der Waals surface area contributed by atoms with Gasteiger partial charge in [-0.15, -0.1) is 0 Å². The van der Waals surface area contributed by atoms with E-state index in [1.165, 1.54) is 11.1 Å². The zero-order valence-electron chi connectivity index (χ0n) is 28.6. The van der Waals surface area contributed by atoms with E-state index >= 15 is 0 Å². The Balaban J connectivity index is 1.15. The van der Waals surface area contributed by atoms with Crippen LogP contribution in [0.2, 0.25) is 5.02 Å². The maximum atomic E-state index is 13.3. The molecule has 4 N–H and O–H groups in total. The molecular weight excluding hydrogens is 672 g/mol. The van der Waals surface area contributed by atoms with Gasteiger partial charge in [-0.1, -0.05) is 41.9 Å². The Hall–Kier alpha value is -5.04. The molecule has 4 aromatic rings. The van der Waals surface area contributed by atoms with E-state index < -0.39 is 12.0 Å². The highest BCUT2D eigenvalue weighted by Crippen LogP contribution is 2.39. The predicted octanol–water partition coefficient (Wildman–Crippen LogP) is 6.06. The lowest BCUT2D eigenvalue weighted by molar-refractivity contribution is -0.119. The molecule has 0 radical (unpaired) electrons.